The number of nitrogens with zero attached hydrogens (tertiary/aromatic N) is 2. The van der Waals surface area contributed by atoms with Crippen molar-refractivity contribution in [1.29, 1.82) is 0 Å². The molecule has 0 saturated heterocycles. The Labute approximate surface area is 124 Å². The minimum absolute atomic E-state index is 0. The van der Waals surface area contributed by atoms with Crippen LogP contribution in [0.25, 0.3) is 0 Å². The van der Waals surface area contributed by atoms with Crippen molar-refractivity contribution in [2.24, 2.45) is 0 Å². The minimum Gasteiger partial charge on any atom is -0.480 e. The third-order valence-electron chi connectivity index (χ3n) is 2.17. The lowest BCUT2D eigenvalue weighted by molar-refractivity contribution is -0.145. The van der Waals surface area contributed by atoms with Gasteiger partial charge in [0.15, 0.2) is 0 Å². The topological polar surface area (TPSA) is 219 Å². The maximum absolute atomic E-state index is 10.6. The van der Waals surface area contributed by atoms with Gasteiger partial charge in [0.2, 0.25) is 0 Å². The van der Waals surface area contributed by atoms with E-state index in [1.807, 2.05) is 0 Å². The van der Waals surface area contributed by atoms with Gasteiger partial charge < -0.3 is 31.4 Å². The molecule has 0 amide bonds. The minimum atomic E-state index is -1.23. The zero-order valence-corrected chi connectivity index (χ0v) is 11.6. The van der Waals surface area contributed by atoms with E-state index < -0.39 is 50.1 Å². The molecule has 0 aromatic heterocycles. The standard InChI is InChI=1S/C10H16N2O8.2H2O/c13-7(14)3-11(4-8(15)16)1-2-12(5-9(17)18)6-10(19)20;;/h1-6H2,(H,13,14)(H,15,16)(H,17,18)(H,19,20);2*1H2. The van der Waals surface area contributed by atoms with Crippen LogP contribution in [0, 0.1) is 0 Å². The summed E-state index contributed by atoms with van der Waals surface area (Å²) in [6, 6.07) is 0. The van der Waals surface area contributed by atoms with Gasteiger partial charge >= 0.3 is 23.9 Å². The highest BCUT2D eigenvalue weighted by Gasteiger charge is 2.17. The first-order valence-corrected chi connectivity index (χ1v) is 5.52. The summed E-state index contributed by atoms with van der Waals surface area (Å²) < 4.78 is 0. The van der Waals surface area contributed by atoms with Crippen LogP contribution in [0.4, 0.5) is 0 Å². The Balaban J connectivity index is -0.00000180. The molecule has 0 atom stereocenters. The lowest BCUT2D eigenvalue weighted by Crippen LogP contribution is -2.43. The van der Waals surface area contributed by atoms with Crippen molar-refractivity contribution in [2.75, 3.05) is 39.3 Å². The highest BCUT2D eigenvalue weighted by molar-refractivity contribution is 5.73. The van der Waals surface area contributed by atoms with E-state index in [0.717, 1.165) is 9.80 Å². The Morgan fingerprint density at radius 1 is 0.545 bits per heavy atom. The lowest BCUT2D eigenvalue weighted by Gasteiger charge is -2.23. The molecule has 0 heterocycles. The smallest absolute Gasteiger partial charge is 0.317 e. The van der Waals surface area contributed by atoms with Crippen molar-refractivity contribution in [2.45, 2.75) is 0 Å². The number of aliphatic carboxylic acids is 4. The summed E-state index contributed by atoms with van der Waals surface area (Å²) in [6.45, 7) is -2.25. The first kappa shape index (κ1) is 24.7. The van der Waals surface area contributed by atoms with Crippen molar-refractivity contribution < 1.29 is 50.6 Å². The van der Waals surface area contributed by atoms with Crippen LogP contribution in [0.3, 0.4) is 0 Å². The number of hydrogen-bond acceptors (Lipinski definition) is 6. The normalized spacial score (nSPS) is 9.73. The summed E-state index contributed by atoms with van der Waals surface area (Å²) >= 11 is 0. The molecule has 0 spiro atoms. The molecule has 0 aliphatic rings. The molecule has 0 aliphatic carbocycles. The Morgan fingerprint density at radius 3 is 0.864 bits per heavy atom. The summed E-state index contributed by atoms with van der Waals surface area (Å²) in [5, 5.41) is 34.5. The molecule has 22 heavy (non-hydrogen) atoms. The van der Waals surface area contributed by atoms with Crippen molar-refractivity contribution in [3.8, 4) is 0 Å². The fourth-order valence-electron chi connectivity index (χ4n) is 1.48. The van der Waals surface area contributed by atoms with Gasteiger partial charge in [0.05, 0.1) is 26.2 Å². The SMILES string of the molecule is O.O.O=C(O)CN(CCN(CC(=O)O)CC(=O)O)CC(=O)O. The Morgan fingerprint density at radius 2 is 0.727 bits per heavy atom. The van der Waals surface area contributed by atoms with Crippen molar-refractivity contribution in [3.05, 3.63) is 0 Å². The third-order valence-corrected chi connectivity index (χ3v) is 2.17. The van der Waals surface area contributed by atoms with Crippen LogP contribution < -0.4 is 0 Å². The van der Waals surface area contributed by atoms with E-state index in [4.69, 9.17) is 20.4 Å². The molecule has 12 heteroatoms. The quantitative estimate of drug-likeness (QED) is 0.290. The molecule has 0 aliphatic heterocycles. The van der Waals surface area contributed by atoms with Gasteiger partial charge in [-0.1, -0.05) is 0 Å². The van der Waals surface area contributed by atoms with Crippen LogP contribution in [-0.4, -0.2) is 104 Å². The average molecular weight is 328 g/mol. The van der Waals surface area contributed by atoms with Gasteiger partial charge in [0.1, 0.15) is 0 Å². The van der Waals surface area contributed by atoms with Crippen LogP contribution in [0.2, 0.25) is 0 Å². The molecule has 0 aromatic rings. The van der Waals surface area contributed by atoms with Crippen molar-refractivity contribution in [1.82, 2.24) is 9.80 Å². The largest absolute Gasteiger partial charge is 0.480 e. The molecule has 0 rings (SSSR count). The van der Waals surface area contributed by atoms with Crippen molar-refractivity contribution in [3.63, 3.8) is 0 Å². The highest BCUT2D eigenvalue weighted by Crippen LogP contribution is 1.94. The summed E-state index contributed by atoms with van der Waals surface area (Å²) in [7, 11) is 0. The predicted molar refractivity (Wildman–Crippen MR) is 70.7 cm³/mol. The summed E-state index contributed by atoms with van der Waals surface area (Å²) in [4.78, 5) is 44.4. The molecule has 12 nitrogen and oxygen atoms in total. The van der Waals surface area contributed by atoms with E-state index in [-0.39, 0.29) is 24.0 Å². The van der Waals surface area contributed by atoms with E-state index in [0.29, 0.717) is 0 Å². The first-order valence-electron chi connectivity index (χ1n) is 5.52. The Hall–Kier alpha value is -2.28. The second-order valence-corrected chi connectivity index (χ2v) is 4.00. The molecule has 0 bridgehead atoms. The van der Waals surface area contributed by atoms with Gasteiger partial charge in [0.25, 0.3) is 0 Å². The molecule has 0 saturated carbocycles. The van der Waals surface area contributed by atoms with Crippen LogP contribution in [0.1, 0.15) is 0 Å². The Bertz CT molecular complexity index is 318. The van der Waals surface area contributed by atoms with E-state index >= 15 is 0 Å². The average Bonchev–Trinajstić information content (AvgIpc) is 2.22. The van der Waals surface area contributed by atoms with Gasteiger partial charge in [-0.15, -0.1) is 0 Å². The van der Waals surface area contributed by atoms with Crippen LogP contribution >= 0.6 is 0 Å². The molecule has 0 aromatic carbocycles. The summed E-state index contributed by atoms with van der Waals surface area (Å²) in [5.74, 6) is -4.91. The monoisotopic (exact) mass is 328 g/mol. The first-order chi connectivity index (χ1) is 9.20. The van der Waals surface area contributed by atoms with Gasteiger partial charge in [-0.3, -0.25) is 29.0 Å². The molecule has 8 N–H and O–H groups in total. The fourth-order valence-corrected chi connectivity index (χ4v) is 1.48. The Kier molecular flexibility index (Phi) is 14.0. The van der Waals surface area contributed by atoms with Gasteiger partial charge in [0, 0.05) is 13.1 Å². The molecule has 0 unspecified atom stereocenters. The second kappa shape index (κ2) is 12.5. The number of carboxylic acid groups (broad SMARTS) is 4. The molecule has 130 valence electrons. The van der Waals surface area contributed by atoms with Crippen LogP contribution in [-0.2, 0) is 19.2 Å². The van der Waals surface area contributed by atoms with Gasteiger partial charge in [-0.05, 0) is 0 Å². The maximum Gasteiger partial charge on any atom is 0.317 e. The summed E-state index contributed by atoms with van der Waals surface area (Å²) in [5.41, 5.74) is 0. The zero-order chi connectivity index (χ0) is 15.7. The van der Waals surface area contributed by atoms with Crippen molar-refractivity contribution >= 4 is 23.9 Å². The molecular formula is C10H20N2O10. The number of carboxylic acids is 4. The zero-order valence-electron chi connectivity index (χ0n) is 11.6. The van der Waals surface area contributed by atoms with E-state index in [2.05, 4.69) is 0 Å². The van der Waals surface area contributed by atoms with Crippen LogP contribution in [0.15, 0.2) is 0 Å². The maximum atomic E-state index is 10.6. The predicted octanol–water partition coefficient (Wildman–Crippen LogP) is -3.72. The lowest BCUT2D eigenvalue weighted by atomic mass is 10.4. The number of rotatable bonds is 11. The second-order valence-electron chi connectivity index (χ2n) is 4.00. The van der Waals surface area contributed by atoms with Crippen LogP contribution in [0.5, 0.6) is 0 Å². The van der Waals surface area contributed by atoms with E-state index in [1.165, 1.54) is 0 Å². The molecular weight excluding hydrogens is 308 g/mol. The number of hydrogen-bond donors (Lipinski definition) is 4. The highest BCUT2D eigenvalue weighted by atomic mass is 16.4. The van der Waals surface area contributed by atoms with E-state index in [1.54, 1.807) is 0 Å². The fraction of sp³-hybridized carbons (Fsp3) is 0.600. The van der Waals surface area contributed by atoms with Gasteiger partial charge in [-0.2, -0.15) is 0 Å². The van der Waals surface area contributed by atoms with E-state index in [9.17, 15) is 19.2 Å². The third kappa shape index (κ3) is 14.1. The van der Waals surface area contributed by atoms with Gasteiger partial charge in [-0.25, -0.2) is 0 Å². The summed E-state index contributed by atoms with van der Waals surface area (Å²) in [6.07, 6.45) is 0. The number of carbonyl (C=O) groups is 4. The molecule has 0 radical (unpaired) electrons. The molecule has 0 fully saturated rings.